The third-order valence-corrected chi connectivity index (χ3v) is 6.92. The number of rotatable bonds is 4. The molecule has 3 aliphatic rings. The van der Waals surface area contributed by atoms with E-state index in [0.717, 1.165) is 91.1 Å². The first-order valence-corrected chi connectivity index (χ1v) is 11.7. The van der Waals surface area contributed by atoms with Crippen molar-refractivity contribution in [1.29, 1.82) is 0 Å². The van der Waals surface area contributed by atoms with Crippen LogP contribution in [0.4, 0.5) is 0 Å². The van der Waals surface area contributed by atoms with Gasteiger partial charge in [-0.15, -0.1) is 24.8 Å². The van der Waals surface area contributed by atoms with E-state index in [2.05, 4.69) is 31.8 Å². The number of amides is 1. The molecule has 1 aromatic heterocycles. The van der Waals surface area contributed by atoms with Gasteiger partial charge in [-0.2, -0.15) is 0 Å². The van der Waals surface area contributed by atoms with Crippen molar-refractivity contribution in [2.24, 2.45) is 11.7 Å². The van der Waals surface area contributed by atoms with Crippen molar-refractivity contribution in [2.75, 3.05) is 52.5 Å². The van der Waals surface area contributed by atoms with Gasteiger partial charge in [0.1, 0.15) is 0 Å². The largest absolute Gasteiger partial charge is 0.381 e. The number of ether oxygens (including phenoxy) is 1. The predicted octanol–water partition coefficient (Wildman–Crippen LogP) is 2.18. The predicted molar refractivity (Wildman–Crippen MR) is 131 cm³/mol. The van der Waals surface area contributed by atoms with Gasteiger partial charge in [0, 0.05) is 83.5 Å². The number of carbonyl (C=O) groups is 1. The summed E-state index contributed by atoms with van der Waals surface area (Å²) >= 11 is 0. The second kappa shape index (κ2) is 13.7. The van der Waals surface area contributed by atoms with Gasteiger partial charge in [-0.1, -0.05) is 0 Å². The highest BCUT2D eigenvalue weighted by molar-refractivity contribution is 5.85. The fraction of sp³-hybridized carbons (Fsp3) is 0.739. The third kappa shape index (κ3) is 7.54. The van der Waals surface area contributed by atoms with E-state index in [4.69, 9.17) is 10.5 Å². The summed E-state index contributed by atoms with van der Waals surface area (Å²) in [6, 6.07) is 4.84. The summed E-state index contributed by atoms with van der Waals surface area (Å²) in [5, 5.41) is 0. The smallest absolute Gasteiger partial charge is 0.227 e. The second-order valence-corrected chi connectivity index (χ2v) is 9.14. The first-order valence-electron chi connectivity index (χ1n) is 11.7. The Balaban J connectivity index is 0.00000181. The Morgan fingerprint density at radius 1 is 1.00 bits per heavy atom. The lowest BCUT2D eigenvalue weighted by Gasteiger charge is -2.36. The van der Waals surface area contributed by atoms with Crippen molar-refractivity contribution in [3.05, 3.63) is 30.1 Å². The maximum atomic E-state index is 13.5. The molecule has 7 nitrogen and oxygen atoms in total. The molecule has 32 heavy (non-hydrogen) atoms. The summed E-state index contributed by atoms with van der Waals surface area (Å²) in [4.78, 5) is 24.6. The summed E-state index contributed by atoms with van der Waals surface area (Å²) in [6.45, 7) is 8.01. The molecule has 0 saturated carbocycles. The van der Waals surface area contributed by atoms with Crippen molar-refractivity contribution < 1.29 is 9.53 Å². The van der Waals surface area contributed by atoms with E-state index in [1.54, 1.807) is 0 Å². The van der Waals surface area contributed by atoms with Crippen LogP contribution in [0.1, 0.15) is 37.7 Å². The van der Waals surface area contributed by atoms with Gasteiger partial charge in [0.25, 0.3) is 0 Å². The van der Waals surface area contributed by atoms with Gasteiger partial charge in [-0.05, 0) is 49.8 Å². The van der Waals surface area contributed by atoms with Gasteiger partial charge < -0.3 is 15.4 Å². The number of hydrogen-bond donors (Lipinski definition) is 1. The van der Waals surface area contributed by atoms with Gasteiger partial charge in [0.2, 0.25) is 5.91 Å². The quantitative estimate of drug-likeness (QED) is 0.701. The maximum Gasteiger partial charge on any atom is 0.227 e. The molecule has 0 spiro atoms. The minimum absolute atomic E-state index is 0. The van der Waals surface area contributed by atoms with Gasteiger partial charge in [-0.25, -0.2) is 0 Å². The van der Waals surface area contributed by atoms with Crippen LogP contribution in [0.15, 0.2) is 24.5 Å². The number of carbonyl (C=O) groups excluding carboxylic acids is 1. The Labute approximate surface area is 204 Å². The van der Waals surface area contributed by atoms with Crippen molar-refractivity contribution in [1.82, 2.24) is 19.7 Å². The van der Waals surface area contributed by atoms with Crippen LogP contribution in [-0.4, -0.2) is 90.2 Å². The molecule has 0 radical (unpaired) electrons. The molecule has 3 aliphatic heterocycles. The lowest BCUT2D eigenvalue weighted by molar-refractivity contribution is -0.136. The second-order valence-electron chi connectivity index (χ2n) is 9.14. The zero-order valence-corrected chi connectivity index (χ0v) is 20.6. The van der Waals surface area contributed by atoms with Crippen LogP contribution >= 0.6 is 24.8 Å². The summed E-state index contributed by atoms with van der Waals surface area (Å²) in [6.07, 6.45) is 8.71. The molecular weight excluding hydrogens is 449 g/mol. The summed E-state index contributed by atoms with van der Waals surface area (Å²) in [5.41, 5.74) is 7.67. The first kappa shape index (κ1) is 27.3. The topological polar surface area (TPSA) is 74.9 Å². The number of nitrogens with zero attached hydrogens (tertiary/aromatic N) is 4. The monoisotopic (exact) mass is 487 g/mol. The minimum atomic E-state index is 0. The number of halogens is 2. The molecule has 182 valence electrons. The average Bonchev–Trinajstić information content (AvgIpc) is 3.13. The van der Waals surface area contributed by atoms with E-state index < -0.39 is 0 Å². The van der Waals surface area contributed by atoms with Crippen molar-refractivity contribution in [3.8, 4) is 0 Å². The van der Waals surface area contributed by atoms with Crippen LogP contribution in [-0.2, 0) is 16.1 Å². The Morgan fingerprint density at radius 2 is 1.75 bits per heavy atom. The summed E-state index contributed by atoms with van der Waals surface area (Å²) in [7, 11) is 0. The third-order valence-electron chi connectivity index (χ3n) is 6.92. The number of hydrogen-bond acceptors (Lipinski definition) is 6. The standard InChI is InChI=1S/C23H37N5O2.2ClH/c24-21-3-2-20(17-28(18-21)22-6-14-30-15-7-22)23(29)27-11-1-10-26(12-13-27)16-19-4-8-25-9-5-19;;/h4-5,8-9,20-22H,1-3,6-7,10-18,24H2;2*1H/t20-,21+;;/m1../s1. The molecular formula is C23H39Cl2N5O2. The molecule has 1 amide bonds. The Morgan fingerprint density at radius 3 is 2.50 bits per heavy atom. The van der Waals surface area contributed by atoms with Crippen molar-refractivity contribution in [3.63, 3.8) is 0 Å². The first-order chi connectivity index (χ1) is 14.7. The molecule has 0 aliphatic carbocycles. The van der Waals surface area contributed by atoms with E-state index in [1.165, 1.54) is 5.56 Å². The molecule has 3 saturated heterocycles. The highest BCUT2D eigenvalue weighted by atomic mass is 35.5. The van der Waals surface area contributed by atoms with Crippen LogP contribution in [0.3, 0.4) is 0 Å². The normalized spacial score (nSPS) is 26.3. The average molecular weight is 489 g/mol. The number of likely N-dealkylation sites (tertiary alicyclic amines) is 1. The Bertz CT molecular complexity index is 678. The molecule has 1 aromatic rings. The lowest BCUT2D eigenvalue weighted by atomic mass is 9.99. The SMILES string of the molecule is Cl.Cl.N[C@H]1CC[C@@H](C(=O)N2CCCN(Cc3ccncc3)CC2)CN(C2CCOCC2)C1. The summed E-state index contributed by atoms with van der Waals surface area (Å²) in [5.74, 6) is 0.417. The zero-order chi connectivity index (χ0) is 20.8. The molecule has 9 heteroatoms. The Kier molecular flexibility index (Phi) is 11.7. The molecule has 2 N–H and O–H groups in total. The van der Waals surface area contributed by atoms with E-state index in [9.17, 15) is 4.79 Å². The molecule has 4 rings (SSSR count). The van der Waals surface area contributed by atoms with Gasteiger partial charge >= 0.3 is 0 Å². The van der Waals surface area contributed by atoms with E-state index >= 15 is 0 Å². The number of aromatic nitrogens is 1. The fourth-order valence-electron chi connectivity index (χ4n) is 5.16. The molecule has 0 bridgehead atoms. The Hall–Kier alpha value is -0.960. The molecule has 0 aromatic carbocycles. The zero-order valence-electron chi connectivity index (χ0n) is 18.9. The summed E-state index contributed by atoms with van der Waals surface area (Å²) < 4.78 is 5.54. The van der Waals surface area contributed by atoms with Crippen LogP contribution in [0.2, 0.25) is 0 Å². The van der Waals surface area contributed by atoms with Crippen LogP contribution in [0.25, 0.3) is 0 Å². The van der Waals surface area contributed by atoms with Crippen LogP contribution in [0.5, 0.6) is 0 Å². The molecule has 0 unspecified atom stereocenters. The maximum absolute atomic E-state index is 13.5. The van der Waals surface area contributed by atoms with E-state index in [-0.39, 0.29) is 36.8 Å². The highest BCUT2D eigenvalue weighted by Crippen LogP contribution is 2.24. The molecule has 4 heterocycles. The van der Waals surface area contributed by atoms with Crippen LogP contribution in [0, 0.1) is 5.92 Å². The lowest BCUT2D eigenvalue weighted by Crippen LogP contribution is -2.48. The van der Waals surface area contributed by atoms with Crippen LogP contribution < -0.4 is 5.73 Å². The highest BCUT2D eigenvalue weighted by Gasteiger charge is 2.34. The van der Waals surface area contributed by atoms with Gasteiger partial charge in [-0.3, -0.25) is 19.6 Å². The molecule has 2 atom stereocenters. The fourth-order valence-corrected chi connectivity index (χ4v) is 5.16. The minimum Gasteiger partial charge on any atom is -0.381 e. The van der Waals surface area contributed by atoms with Gasteiger partial charge in [0.15, 0.2) is 0 Å². The molecule has 3 fully saturated rings. The number of nitrogens with two attached hydrogens (primary N) is 1. The number of pyridine rings is 1. The van der Waals surface area contributed by atoms with E-state index in [1.807, 2.05) is 12.4 Å². The van der Waals surface area contributed by atoms with Gasteiger partial charge in [0.05, 0.1) is 5.92 Å². The van der Waals surface area contributed by atoms with Crippen molar-refractivity contribution in [2.45, 2.75) is 50.7 Å². The van der Waals surface area contributed by atoms with Crippen molar-refractivity contribution >= 4 is 30.7 Å². The van der Waals surface area contributed by atoms with E-state index in [0.29, 0.717) is 11.9 Å².